The van der Waals surface area contributed by atoms with Crippen LogP contribution in [0, 0.1) is 6.92 Å². The number of anilines is 1. The van der Waals surface area contributed by atoms with Crippen LogP contribution in [0.2, 0.25) is 0 Å². The monoisotopic (exact) mass is 280 g/mol. The lowest BCUT2D eigenvalue weighted by molar-refractivity contribution is 0.0983. The molecule has 0 saturated carbocycles. The van der Waals surface area contributed by atoms with Gasteiger partial charge in [0.05, 0.1) is 0 Å². The number of hydrogen-bond acceptors (Lipinski definition) is 2. The van der Waals surface area contributed by atoms with Gasteiger partial charge in [0.1, 0.15) is 0 Å². The Bertz CT molecular complexity index is 666. The van der Waals surface area contributed by atoms with E-state index in [-0.39, 0.29) is 5.91 Å². The number of fused-ring (bicyclic) bond motifs is 1. The van der Waals surface area contributed by atoms with Crippen LogP contribution in [0.25, 0.3) is 0 Å². The number of amides is 1. The Hall–Kier alpha value is -2.13. The Morgan fingerprint density at radius 1 is 1.19 bits per heavy atom. The summed E-state index contributed by atoms with van der Waals surface area (Å²) in [5.74, 6) is 0.0840. The fraction of sp³-hybridized carbons (Fsp3) is 0.278. The fourth-order valence-electron chi connectivity index (χ4n) is 3.01. The predicted molar refractivity (Wildman–Crippen MR) is 85.7 cm³/mol. The first-order valence-corrected chi connectivity index (χ1v) is 7.35. The van der Waals surface area contributed by atoms with Crippen molar-refractivity contribution < 1.29 is 4.79 Å². The molecule has 1 atom stereocenters. The number of nitrogens with one attached hydrogen (secondary N) is 1. The Morgan fingerprint density at radius 3 is 2.76 bits per heavy atom. The van der Waals surface area contributed by atoms with Crippen molar-refractivity contribution in [3.05, 3.63) is 65.2 Å². The van der Waals surface area contributed by atoms with Crippen LogP contribution in [0.15, 0.2) is 48.5 Å². The van der Waals surface area contributed by atoms with Gasteiger partial charge in [0, 0.05) is 23.8 Å². The van der Waals surface area contributed by atoms with Crippen LogP contribution in [0.3, 0.4) is 0 Å². The van der Waals surface area contributed by atoms with E-state index in [0.29, 0.717) is 6.04 Å². The van der Waals surface area contributed by atoms with Gasteiger partial charge < -0.3 is 10.2 Å². The van der Waals surface area contributed by atoms with Crippen molar-refractivity contribution in [3.8, 4) is 0 Å². The number of carbonyl (C=O) groups is 1. The summed E-state index contributed by atoms with van der Waals surface area (Å²) in [4.78, 5) is 14.7. The lowest BCUT2D eigenvalue weighted by atomic mass is 9.95. The Morgan fingerprint density at radius 2 is 2.00 bits per heavy atom. The smallest absolute Gasteiger partial charge is 0.258 e. The molecule has 0 radical (unpaired) electrons. The molecule has 1 heterocycles. The SMILES string of the molecule is CNC1CCN(C(=O)c2cccc(C)c2)c2ccccc21. The van der Waals surface area contributed by atoms with Crippen LogP contribution in [-0.2, 0) is 0 Å². The first-order chi connectivity index (χ1) is 10.2. The molecule has 3 rings (SSSR count). The first-order valence-electron chi connectivity index (χ1n) is 7.35. The normalized spacial score (nSPS) is 17.4. The molecule has 3 heteroatoms. The van der Waals surface area contributed by atoms with E-state index in [1.165, 1.54) is 5.56 Å². The van der Waals surface area contributed by atoms with Crippen molar-refractivity contribution in [2.45, 2.75) is 19.4 Å². The average Bonchev–Trinajstić information content (AvgIpc) is 2.53. The van der Waals surface area contributed by atoms with Crippen LogP contribution in [-0.4, -0.2) is 19.5 Å². The van der Waals surface area contributed by atoms with Gasteiger partial charge >= 0.3 is 0 Å². The molecule has 1 amide bonds. The summed E-state index contributed by atoms with van der Waals surface area (Å²) in [6.07, 6.45) is 0.936. The Kier molecular flexibility index (Phi) is 3.76. The summed E-state index contributed by atoms with van der Waals surface area (Å²) >= 11 is 0. The molecule has 21 heavy (non-hydrogen) atoms. The molecule has 0 aromatic heterocycles. The van der Waals surface area contributed by atoms with Crippen molar-refractivity contribution in [2.75, 3.05) is 18.5 Å². The van der Waals surface area contributed by atoms with Crippen LogP contribution < -0.4 is 10.2 Å². The minimum absolute atomic E-state index is 0.0840. The average molecular weight is 280 g/mol. The number of aryl methyl sites for hydroxylation is 1. The summed E-state index contributed by atoms with van der Waals surface area (Å²) < 4.78 is 0. The number of hydrogen-bond donors (Lipinski definition) is 1. The van der Waals surface area contributed by atoms with Crippen molar-refractivity contribution in [1.29, 1.82) is 0 Å². The van der Waals surface area contributed by atoms with Crippen LogP contribution in [0.5, 0.6) is 0 Å². The predicted octanol–water partition coefficient (Wildman–Crippen LogP) is 3.31. The zero-order chi connectivity index (χ0) is 14.8. The van der Waals surface area contributed by atoms with E-state index in [0.717, 1.165) is 29.8 Å². The highest BCUT2D eigenvalue weighted by molar-refractivity contribution is 6.06. The van der Waals surface area contributed by atoms with E-state index in [9.17, 15) is 4.79 Å². The summed E-state index contributed by atoms with van der Waals surface area (Å²) in [6, 6.07) is 16.3. The van der Waals surface area contributed by atoms with Crippen LogP contribution >= 0.6 is 0 Å². The quantitative estimate of drug-likeness (QED) is 0.915. The van der Waals surface area contributed by atoms with E-state index >= 15 is 0 Å². The second kappa shape index (κ2) is 5.70. The molecule has 108 valence electrons. The summed E-state index contributed by atoms with van der Waals surface area (Å²) in [6.45, 7) is 2.76. The highest BCUT2D eigenvalue weighted by Gasteiger charge is 2.28. The van der Waals surface area contributed by atoms with E-state index in [1.54, 1.807) is 0 Å². The zero-order valence-electron chi connectivity index (χ0n) is 12.5. The van der Waals surface area contributed by atoms with Gasteiger partial charge in [-0.05, 0) is 44.2 Å². The molecular weight excluding hydrogens is 260 g/mol. The minimum atomic E-state index is 0.0840. The second-order valence-electron chi connectivity index (χ2n) is 5.52. The van der Waals surface area contributed by atoms with Crippen molar-refractivity contribution in [3.63, 3.8) is 0 Å². The van der Waals surface area contributed by atoms with Gasteiger partial charge in [-0.2, -0.15) is 0 Å². The Balaban J connectivity index is 1.98. The van der Waals surface area contributed by atoms with Gasteiger partial charge in [-0.25, -0.2) is 0 Å². The lowest BCUT2D eigenvalue weighted by Gasteiger charge is -2.34. The molecule has 0 spiro atoms. The number of rotatable bonds is 2. The van der Waals surface area contributed by atoms with Crippen LogP contribution in [0.1, 0.15) is 33.9 Å². The van der Waals surface area contributed by atoms with Gasteiger partial charge in [0.25, 0.3) is 5.91 Å². The maximum absolute atomic E-state index is 12.8. The number of carbonyl (C=O) groups excluding carboxylic acids is 1. The standard InChI is InChI=1S/C18H20N2O/c1-13-6-5-7-14(12-13)18(21)20-11-10-16(19-2)15-8-3-4-9-17(15)20/h3-9,12,16,19H,10-11H2,1-2H3. The molecule has 0 fully saturated rings. The Labute approximate surface area is 125 Å². The van der Waals surface area contributed by atoms with Gasteiger partial charge in [-0.3, -0.25) is 4.79 Å². The molecule has 3 nitrogen and oxygen atoms in total. The minimum Gasteiger partial charge on any atom is -0.313 e. The molecule has 2 aromatic rings. The summed E-state index contributed by atoms with van der Waals surface area (Å²) in [7, 11) is 1.97. The summed E-state index contributed by atoms with van der Waals surface area (Å²) in [5, 5.41) is 3.33. The van der Waals surface area contributed by atoms with E-state index < -0.39 is 0 Å². The van der Waals surface area contributed by atoms with Gasteiger partial charge in [-0.15, -0.1) is 0 Å². The number of para-hydroxylation sites is 1. The zero-order valence-corrected chi connectivity index (χ0v) is 12.5. The number of benzene rings is 2. The molecule has 1 aliphatic rings. The van der Waals surface area contributed by atoms with Gasteiger partial charge in [0.15, 0.2) is 0 Å². The highest BCUT2D eigenvalue weighted by atomic mass is 16.2. The highest BCUT2D eigenvalue weighted by Crippen LogP contribution is 2.34. The van der Waals surface area contributed by atoms with Crippen LogP contribution in [0.4, 0.5) is 5.69 Å². The van der Waals surface area contributed by atoms with Gasteiger partial charge in [-0.1, -0.05) is 35.9 Å². The molecule has 2 aromatic carbocycles. The molecular formula is C18H20N2O. The lowest BCUT2D eigenvalue weighted by Crippen LogP contribution is -2.39. The third-order valence-corrected chi connectivity index (χ3v) is 4.10. The molecule has 1 unspecified atom stereocenters. The first kappa shape index (κ1) is 13.8. The second-order valence-corrected chi connectivity index (χ2v) is 5.52. The third-order valence-electron chi connectivity index (χ3n) is 4.10. The van der Waals surface area contributed by atoms with Crippen molar-refractivity contribution in [1.82, 2.24) is 5.32 Å². The van der Waals surface area contributed by atoms with E-state index in [1.807, 2.05) is 61.3 Å². The number of nitrogens with zero attached hydrogens (tertiary/aromatic N) is 1. The maximum atomic E-state index is 12.8. The molecule has 0 saturated heterocycles. The molecule has 0 bridgehead atoms. The van der Waals surface area contributed by atoms with Gasteiger partial charge in [0.2, 0.25) is 0 Å². The summed E-state index contributed by atoms with van der Waals surface area (Å²) in [5.41, 5.74) is 4.09. The van der Waals surface area contributed by atoms with Crippen molar-refractivity contribution in [2.24, 2.45) is 0 Å². The maximum Gasteiger partial charge on any atom is 0.258 e. The molecule has 0 aliphatic carbocycles. The van der Waals surface area contributed by atoms with E-state index in [2.05, 4.69) is 11.4 Å². The van der Waals surface area contributed by atoms with E-state index in [4.69, 9.17) is 0 Å². The van der Waals surface area contributed by atoms with Crippen molar-refractivity contribution >= 4 is 11.6 Å². The largest absolute Gasteiger partial charge is 0.313 e. The molecule has 1 aliphatic heterocycles. The topological polar surface area (TPSA) is 32.3 Å². The fourth-order valence-corrected chi connectivity index (χ4v) is 3.01. The molecule has 1 N–H and O–H groups in total. The third kappa shape index (κ3) is 2.57.